The van der Waals surface area contributed by atoms with E-state index in [0.29, 0.717) is 22.9 Å². The van der Waals surface area contributed by atoms with Gasteiger partial charge in [-0.15, -0.1) is 0 Å². The summed E-state index contributed by atoms with van der Waals surface area (Å²) in [6, 6.07) is 3.33. The fraction of sp³-hybridized carbons (Fsp3) is 0.417. The second-order valence-electron chi connectivity index (χ2n) is 3.41. The van der Waals surface area contributed by atoms with Crippen molar-refractivity contribution in [3.05, 3.63) is 12.1 Å². The molecule has 0 fully saturated rings. The SMILES string of the molecule is COC(=O)N(C)c1cc(OC)c(OC)c(OC)c1. The first kappa shape index (κ1) is 14.0. The van der Waals surface area contributed by atoms with Crippen LogP contribution in [-0.2, 0) is 4.74 Å². The quantitative estimate of drug-likeness (QED) is 0.822. The molecule has 1 rings (SSSR count). The summed E-state index contributed by atoms with van der Waals surface area (Å²) in [6.07, 6.45) is -0.482. The Morgan fingerprint density at radius 1 is 1.00 bits per heavy atom. The summed E-state index contributed by atoms with van der Waals surface area (Å²) < 4.78 is 20.2. The number of carbonyl (C=O) groups excluding carboxylic acids is 1. The third-order valence-electron chi connectivity index (χ3n) is 2.49. The number of carbonyl (C=O) groups is 1. The van der Waals surface area contributed by atoms with E-state index in [-0.39, 0.29) is 0 Å². The highest BCUT2D eigenvalue weighted by atomic mass is 16.5. The highest BCUT2D eigenvalue weighted by Gasteiger charge is 2.18. The van der Waals surface area contributed by atoms with Gasteiger partial charge in [-0.25, -0.2) is 4.79 Å². The Morgan fingerprint density at radius 3 is 1.83 bits per heavy atom. The van der Waals surface area contributed by atoms with Gasteiger partial charge in [0.05, 0.1) is 34.1 Å². The Labute approximate surface area is 106 Å². The Kier molecular flexibility index (Phi) is 4.65. The van der Waals surface area contributed by atoms with Crippen LogP contribution in [0.25, 0.3) is 0 Å². The van der Waals surface area contributed by atoms with Gasteiger partial charge < -0.3 is 18.9 Å². The zero-order chi connectivity index (χ0) is 13.7. The summed E-state index contributed by atoms with van der Waals surface area (Å²) in [5.74, 6) is 1.42. The molecule has 1 aromatic rings. The highest BCUT2D eigenvalue weighted by molar-refractivity contribution is 5.88. The van der Waals surface area contributed by atoms with E-state index in [9.17, 15) is 4.79 Å². The average Bonchev–Trinajstić information content (AvgIpc) is 2.43. The molecular weight excluding hydrogens is 238 g/mol. The minimum absolute atomic E-state index is 0.474. The lowest BCUT2D eigenvalue weighted by Gasteiger charge is -2.19. The molecule has 0 saturated heterocycles. The van der Waals surface area contributed by atoms with Crippen molar-refractivity contribution in [2.24, 2.45) is 0 Å². The minimum Gasteiger partial charge on any atom is -0.493 e. The van der Waals surface area contributed by atoms with Gasteiger partial charge in [-0.1, -0.05) is 0 Å². The van der Waals surface area contributed by atoms with Crippen LogP contribution >= 0.6 is 0 Å². The van der Waals surface area contributed by atoms with Crippen LogP contribution in [0.5, 0.6) is 17.2 Å². The molecule has 0 radical (unpaired) electrons. The van der Waals surface area contributed by atoms with Crippen molar-refractivity contribution >= 4 is 11.8 Å². The van der Waals surface area contributed by atoms with E-state index in [0.717, 1.165) is 0 Å². The monoisotopic (exact) mass is 255 g/mol. The van der Waals surface area contributed by atoms with Crippen molar-refractivity contribution in [1.29, 1.82) is 0 Å². The maximum atomic E-state index is 11.5. The van der Waals surface area contributed by atoms with Gasteiger partial charge in [-0.2, -0.15) is 0 Å². The van der Waals surface area contributed by atoms with Crippen molar-refractivity contribution < 1.29 is 23.7 Å². The van der Waals surface area contributed by atoms with Crippen LogP contribution < -0.4 is 19.1 Å². The van der Waals surface area contributed by atoms with Crippen LogP contribution in [-0.4, -0.2) is 41.6 Å². The first-order chi connectivity index (χ1) is 8.58. The summed E-state index contributed by atoms with van der Waals surface area (Å²) in [5, 5.41) is 0. The number of anilines is 1. The molecule has 1 amide bonds. The zero-order valence-corrected chi connectivity index (χ0v) is 11.1. The van der Waals surface area contributed by atoms with Gasteiger partial charge in [0.2, 0.25) is 5.75 Å². The first-order valence-corrected chi connectivity index (χ1v) is 5.20. The van der Waals surface area contributed by atoms with Gasteiger partial charge in [0.25, 0.3) is 0 Å². The number of amides is 1. The van der Waals surface area contributed by atoms with Gasteiger partial charge in [0.1, 0.15) is 0 Å². The Morgan fingerprint density at radius 2 is 1.50 bits per heavy atom. The van der Waals surface area contributed by atoms with Crippen LogP contribution in [0, 0.1) is 0 Å². The van der Waals surface area contributed by atoms with Gasteiger partial charge >= 0.3 is 6.09 Å². The molecule has 0 saturated carbocycles. The molecule has 18 heavy (non-hydrogen) atoms. The van der Waals surface area contributed by atoms with E-state index in [1.54, 1.807) is 19.2 Å². The maximum Gasteiger partial charge on any atom is 0.413 e. The molecule has 6 nitrogen and oxygen atoms in total. The number of ether oxygens (including phenoxy) is 4. The van der Waals surface area contributed by atoms with Crippen LogP contribution in [0.2, 0.25) is 0 Å². The standard InChI is InChI=1S/C12H17NO5/c1-13(12(14)18-5)8-6-9(15-2)11(17-4)10(7-8)16-3/h6-7H,1-5H3. The van der Waals surface area contributed by atoms with Crippen molar-refractivity contribution in [1.82, 2.24) is 0 Å². The Balaban J connectivity index is 3.27. The molecular formula is C12H17NO5. The lowest BCUT2D eigenvalue weighted by atomic mass is 10.2. The van der Waals surface area contributed by atoms with Gasteiger partial charge in [-0.3, -0.25) is 4.90 Å². The van der Waals surface area contributed by atoms with Gasteiger partial charge in [0.15, 0.2) is 11.5 Å². The molecule has 0 aromatic heterocycles. The normalized spacial score (nSPS) is 9.61. The number of hydrogen-bond donors (Lipinski definition) is 0. The molecule has 0 spiro atoms. The maximum absolute atomic E-state index is 11.5. The van der Waals surface area contributed by atoms with Crippen LogP contribution in [0.3, 0.4) is 0 Å². The van der Waals surface area contributed by atoms with Crippen molar-refractivity contribution in [2.75, 3.05) is 40.4 Å². The van der Waals surface area contributed by atoms with Crippen LogP contribution in [0.15, 0.2) is 12.1 Å². The number of nitrogens with zero attached hydrogens (tertiary/aromatic N) is 1. The molecule has 0 atom stereocenters. The van der Waals surface area contributed by atoms with Crippen LogP contribution in [0.1, 0.15) is 0 Å². The van der Waals surface area contributed by atoms with E-state index < -0.39 is 6.09 Å². The molecule has 0 aliphatic heterocycles. The van der Waals surface area contributed by atoms with Gasteiger partial charge in [0, 0.05) is 19.2 Å². The highest BCUT2D eigenvalue weighted by Crippen LogP contribution is 2.40. The molecule has 0 bridgehead atoms. The number of methoxy groups -OCH3 is 4. The molecule has 0 aliphatic rings. The minimum atomic E-state index is -0.482. The average molecular weight is 255 g/mol. The summed E-state index contributed by atoms with van der Waals surface area (Å²) in [7, 11) is 7.45. The topological polar surface area (TPSA) is 57.2 Å². The molecule has 0 aliphatic carbocycles. The molecule has 0 N–H and O–H groups in total. The number of hydrogen-bond acceptors (Lipinski definition) is 5. The van der Waals surface area contributed by atoms with Crippen molar-refractivity contribution in [2.45, 2.75) is 0 Å². The fourth-order valence-electron chi connectivity index (χ4n) is 1.50. The lowest BCUT2D eigenvalue weighted by Crippen LogP contribution is -2.25. The van der Waals surface area contributed by atoms with Crippen LogP contribution in [0.4, 0.5) is 10.5 Å². The number of rotatable bonds is 4. The summed E-state index contributed by atoms with van der Waals surface area (Å²) in [5.41, 5.74) is 0.580. The number of benzene rings is 1. The summed E-state index contributed by atoms with van der Waals surface area (Å²) in [4.78, 5) is 12.8. The third-order valence-corrected chi connectivity index (χ3v) is 2.49. The predicted molar refractivity (Wildman–Crippen MR) is 66.9 cm³/mol. The molecule has 1 aromatic carbocycles. The van der Waals surface area contributed by atoms with E-state index in [1.165, 1.54) is 33.3 Å². The first-order valence-electron chi connectivity index (χ1n) is 5.20. The van der Waals surface area contributed by atoms with E-state index in [1.807, 2.05) is 0 Å². The second-order valence-corrected chi connectivity index (χ2v) is 3.41. The summed E-state index contributed by atoms with van der Waals surface area (Å²) in [6.45, 7) is 0. The smallest absolute Gasteiger partial charge is 0.413 e. The zero-order valence-electron chi connectivity index (χ0n) is 11.1. The Bertz CT molecular complexity index is 407. The van der Waals surface area contributed by atoms with Gasteiger partial charge in [-0.05, 0) is 0 Å². The fourth-order valence-corrected chi connectivity index (χ4v) is 1.50. The van der Waals surface area contributed by atoms with E-state index in [2.05, 4.69) is 4.74 Å². The molecule has 6 heteroatoms. The van der Waals surface area contributed by atoms with Crippen molar-refractivity contribution in [3.8, 4) is 17.2 Å². The largest absolute Gasteiger partial charge is 0.493 e. The Hall–Kier alpha value is -2.11. The molecule has 100 valence electrons. The summed E-state index contributed by atoms with van der Waals surface area (Å²) >= 11 is 0. The molecule has 0 heterocycles. The lowest BCUT2D eigenvalue weighted by molar-refractivity contribution is 0.180. The van der Waals surface area contributed by atoms with Crippen molar-refractivity contribution in [3.63, 3.8) is 0 Å². The van der Waals surface area contributed by atoms with E-state index in [4.69, 9.17) is 14.2 Å². The van der Waals surface area contributed by atoms with E-state index >= 15 is 0 Å². The predicted octanol–water partition coefficient (Wildman–Crippen LogP) is 1.91. The third kappa shape index (κ3) is 2.58. The molecule has 0 unspecified atom stereocenters. The second kappa shape index (κ2) is 6.00.